The van der Waals surface area contributed by atoms with Crippen molar-refractivity contribution in [2.24, 2.45) is 11.3 Å². The molecule has 1 aliphatic carbocycles. The standard InChI is InChI=1S/C15H27NO2/c1-12(2)15(14(17)18)9-10-16(11-15)13-7-5-3-4-6-8-13/h12-13H,3-11H2,1-2H3,(H,17,18). The van der Waals surface area contributed by atoms with Gasteiger partial charge in [-0.2, -0.15) is 0 Å². The van der Waals surface area contributed by atoms with Crippen LogP contribution in [0.1, 0.15) is 58.8 Å². The molecule has 2 rings (SSSR count). The second-order valence-corrected chi connectivity index (χ2v) is 6.48. The number of nitrogens with zero attached hydrogens (tertiary/aromatic N) is 1. The molecule has 0 aromatic heterocycles. The van der Waals surface area contributed by atoms with Crippen molar-refractivity contribution in [1.82, 2.24) is 4.90 Å². The highest BCUT2D eigenvalue weighted by Crippen LogP contribution is 2.40. The second kappa shape index (κ2) is 5.60. The third-order valence-electron chi connectivity index (χ3n) is 5.20. The van der Waals surface area contributed by atoms with Crippen molar-refractivity contribution in [3.05, 3.63) is 0 Å². The number of likely N-dealkylation sites (tertiary alicyclic amines) is 1. The van der Waals surface area contributed by atoms with Crippen LogP contribution in [-0.4, -0.2) is 35.1 Å². The lowest BCUT2D eigenvalue weighted by molar-refractivity contribution is -0.151. The molecular weight excluding hydrogens is 226 g/mol. The third-order valence-corrected chi connectivity index (χ3v) is 5.20. The molecule has 3 heteroatoms. The molecular formula is C15H27NO2. The summed E-state index contributed by atoms with van der Waals surface area (Å²) in [7, 11) is 0. The Balaban J connectivity index is 2.03. The lowest BCUT2D eigenvalue weighted by Gasteiger charge is -2.32. The van der Waals surface area contributed by atoms with Crippen molar-refractivity contribution in [2.75, 3.05) is 13.1 Å². The summed E-state index contributed by atoms with van der Waals surface area (Å²) in [6.07, 6.45) is 8.74. The van der Waals surface area contributed by atoms with E-state index in [1.165, 1.54) is 38.5 Å². The highest BCUT2D eigenvalue weighted by atomic mass is 16.4. The Morgan fingerprint density at radius 1 is 1.22 bits per heavy atom. The van der Waals surface area contributed by atoms with Crippen LogP contribution in [0.5, 0.6) is 0 Å². The van der Waals surface area contributed by atoms with E-state index in [1.54, 1.807) is 0 Å². The van der Waals surface area contributed by atoms with E-state index in [1.807, 2.05) is 0 Å². The van der Waals surface area contributed by atoms with Gasteiger partial charge in [0.05, 0.1) is 5.41 Å². The fraction of sp³-hybridized carbons (Fsp3) is 0.933. The van der Waals surface area contributed by atoms with Crippen LogP contribution in [0.15, 0.2) is 0 Å². The summed E-state index contributed by atoms with van der Waals surface area (Å²) in [4.78, 5) is 14.1. The first-order chi connectivity index (χ1) is 8.56. The van der Waals surface area contributed by atoms with Crippen molar-refractivity contribution < 1.29 is 9.90 Å². The van der Waals surface area contributed by atoms with Gasteiger partial charge in [-0.3, -0.25) is 9.69 Å². The van der Waals surface area contributed by atoms with E-state index < -0.39 is 11.4 Å². The highest BCUT2D eigenvalue weighted by Gasteiger charge is 2.48. The Morgan fingerprint density at radius 3 is 2.28 bits per heavy atom. The Labute approximate surface area is 111 Å². The van der Waals surface area contributed by atoms with E-state index in [0.717, 1.165) is 19.5 Å². The van der Waals surface area contributed by atoms with E-state index in [0.29, 0.717) is 6.04 Å². The largest absolute Gasteiger partial charge is 0.481 e. The number of hydrogen-bond donors (Lipinski definition) is 1. The monoisotopic (exact) mass is 253 g/mol. The summed E-state index contributed by atoms with van der Waals surface area (Å²) >= 11 is 0. The minimum absolute atomic E-state index is 0.228. The first kappa shape index (κ1) is 13.9. The van der Waals surface area contributed by atoms with Crippen LogP contribution in [0.4, 0.5) is 0 Å². The first-order valence-electron chi connectivity index (χ1n) is 7.54. The van der Waals surface area contributed by atoms with Gasteiger partial charge in [-0.05, 0) is 31.7 Å². The van der Waals surface area contributed by atoms with Gasteiger partial charge >= 0.3 is 5.97 Å². The third kappa shape index (κ3) is 2.56. The molecule has 1 N–H and O–H groups in total. The van der Waals surface area contributed by atoms with Crippen LogP contribution < -0.4 is 0 Å². The quantitative estimate of drug-likeness (QED) is 0.786. The number of aliphatic carboxylic acids is 1. The zero-order valence-electron chi connectivity index (χ0n) is 11.8. The van der Waals surface area contributed by atoms with Gasteiger partial charge < -0.3 is 5.11 Å². The SMILES string of the molecule is CC(C)C1(C(=O)O)CCN(C2CCCCCC2)C1. The van der Waals surface area contributed by atoms with Crippen LogP contribution in [0.25, 0.3) is 0 Å². The van der Waals surface area contributed by atoms with E-state index >= 15 is 0 Å². The van der Waals surface area contributed by atoms with Crippen LogP contribution in [0, 0.1) is 11.3 Å². The molecule has 0 amide bonds. The molecule has 18 heavy (non-hydrogen) atoms. The van der Waals surface area contributed by atoms with Gasteiger partial charge in [-0.1, -0.05) is 39.5 Å². The molecule has 104 valence electrons. The summed E-state index contributed by atoms with van der Waals surface area (Å²) < 4.78 is 0. The van der Waals surface area contributed by atoms with Crippen molar-refractivity contribution in [2.45, 2.75) is 64.8 Å². The number of hydrogen-bond acceptors (Lipinski definition) is 2. The molecule has 3 nitrogen and oxygen atoms in total. The first-order valence-corrected chi connectivity index (χ1v) is 7.54. The van der Waals surface area contributed by atoms with Crippen LogP contribution in [0.3, 0.4) is 0 Å². The fourth-order valence-corrected chi connectivity index (χ4v) is 3.69. The van der Waals surface area contributed by atoms with E-state index in [4.69, 9.17) is 0 Å². The van der Waals surface area contributed by atoms with E-state index in [9.17, 15) is 9.90 Å². The Kier molecular flexibility index (Phi) is 4.31. The molecule has 0 radical (unpaired) electrons. The molecule has 0 aromatic carbocycles. The number of carboxylic acid groups (broad SMARTS) is 1. The normalized spacial score (nSPS) is 31.7. The van der Waals surface area contributed by atoms with Gasteiger partial charge in [0.15, 0.2) is 0 Å². The molecule has 2 aliphatic rings. The summed E-state index contributed by atoms with van der Waals surface area (Å²) in [5, 5.41) is 9.58. The highest BCUT2D eigenvalue weighted by molar-refractivity contribution is 5.75. The van der Waals surface area contributed by atoms with Crippen LogP contribution in [0.2, 0.25) is 0 Å². The van der Waals surface area contributed by atoms with Crippen LogP contribution >= 0.6 is 0 Å². The van der Waals surface area contributed by atoms with Crippen molar-refractivity contribution in [3.8, 4) is 0 Å². The van der Waals surface area contributed by atoms with E-state index in [-0.39, 0.29) is 5.92 Å². The maximum Gasteiger partial charge on any atom is 0.311 e. The van der Waals surface area contributed by atoms with Crippen molar-refractivity contribution in [1.29, 1.82) is 0 Å². The molecule has 1 aliphatic heterocycles. The minimum atomic E-state index is -0.589. The molecule has 1 saturated carbocycles. The maximum atomic E-state index is 11.6. The van der Waals surface area contributed by atoms with Crippen molar-refractivity contribution in [3.63, 3.8) is 0 Å². The van der Waals surface area contributed by atoms with E-state index in [2.05, 4.69) is 18.7 Å². The topological polar surface area (TPSA) is 40.5 Å². The van der Waals surface area contributed by atoms with Gasteiger partial charge in [0.2, 0.25) is 0 Å². The maximum absolute atomic E-state index is 11.6. The van der Waals surface area contributed by atoms with Crippen LogP contribution in [-0.2, 0) is 4.79 Å². The minimum Gasteiger partial charge on any atom is -0.481 e. The Hall–Kier alpha value is -0.570. The summed E-state index contributed by atoms with van der Waals surface area (Å²) in [5.74, 6) is -0.362. The van der Waals surface area contributed by atoms with Gasteiger partial charge in [0.1, 0.15) is 0 Å². The van der Waals surface area contributed by atoms with Gasteiger partial charge in [0, 0.05) is 12.6 Å². The molecule has 0 aromatic rings. The number of carboxylic acids is 1. The Morgan fingerprint density at radius 2 is 1.83 bits per heavy atom. The summed E-state index contributed by atoms with van der Waals surface area (Å²) in [6.45, 7) is 5.87. The zero-order chi connectivity index (χ0) is 13.2. The Bertz CT molecular complexity index is 295. The average molecular weight is 253 g/mol. The summed E-state index contributed by atoms with van der Waals surface area (Å²) in [6, 6.07) is 0.646. The molecule has 1 saturated heterocycles. The van der Waals surface area contributed by atoms with Gasteiger partial charge in [0.25, 0.3) is 0 Å². The molecule has 1 unspecified atom stereocenters. The number of carbonyl (C=O) groups is 1. The van der Waals surface area contributed by atoms with Gasteiger partial charge in [-0.15, -0.1) is 0 Å². The number of rotatable bonds is 3. The van der Waals surface area contributed by atoms with Gasteiger partial charge in [-0.25, -0.2) is 0 Å². The average Bonchev–Trinajstić information content (AvgIpc) is 2.61. The fourth-order valence-electron chi connectivity index (χ4n) is 3.69. The lowest BCUT2D eigenvalue weighted by atomic mass is 9.76. The molecule has 0 spiro atoms. The molecule has 1 atom stereocenters. The zero-order valence-corrected chi connectivity index (χ0v) is 11.8. The summed E-state index contributed by atoms with van der Waals surface area (Å²) in [5.41, 5.74) is -0.494. The lowest BCUT2D eigenvalue weighted by Crippen LogP contribution is -2.41. The molecule has 1 heterocycles. The molecule has 0 bridgehead atoms. The second-order valence-electron chi connectivity index (χ2n) is 6.48. The molecule has 2 fully saturated rings. The predicted octanol–water partition coefficient (Wildman–Crippen LogP) is 3.14. The van der Waals surface area contributed by atoms with Crippen molar-refractivity contribution >= 4 is 5.97 Å². The smallest absolute Gasteiger partial charge is 0.311 e. The predicted molar refractivity (Wildman–Crippen MR) is 72.6 cm³/mol.